The number of nitrogens with zero attached hydrogens (tertiary/aromatic N) is 1. The molecule has 2 N–H and O–H groups in total. The fourth-order valence-electron chi connectivity index (χ4n) is 1.42. The molecule has 0 aliphatic heterocycles. The lowest BCUT2D eigenvalue weighted by molar-refractivity contribution is 0.461. The van der Waals surface area contributed by atoms with Crippen LogP contribution in [-0.4, -0.2) is 4.98 Å². The predicted molar refractivity (Wildman–Crippen MR) is 73.4 cm³/mol. The molecule has 2 aromatic rings. The lowest BCUT2D eigenvalue weighted by Crippen LogP contribution is -2.05. The molecule has 0 spiro atoms. The lowest BCUT2D eigenvalue weighted by Gasteiger charge is -2.09. The summed E-state index contributed by atoms with van der Waals surface area (Å²) in [5.41, 5.74) is 6.76. The van der Waals surface area contributed by atoms with Crippen molar-refractivity contribution >= 4 is 23.2 Å². The van der Waals surface area contributed by atoms with Crippen LogP contribution in [0.4, 0.5) is 0 Å². The molecule has 5 heteroatoms. The summed E-state index contributed by atoms with van der Waals surface area (Å²) in [6, 6.07) is 8.64. The van der Waals surface area contributed by atoms with E-state index >= 15 is 0 Å². The maximum absolute atomic E-state index is 5.91. The summed E-state index contributed by atoms with van der Waals surface area (Å²) >= 11 is 11.7. The van der Waals surface area contributed by atoms with Crippen molar-refractivity contribution in [1.82, 2.24) is 4.98 Å². The fraction of sp³-hybridized carbons (Fsp3) is 0.154. The molecule has 18 heavy (non-hydrogen) atoms. The number of pyridine rings is 1. The molecule has 1 atom stereocenters. The lowest BCUT2D eigenvalue weighted by atomic mass is 10.1. The van der Waals surface area contributed by atoms with Crippen molar-refractivity contribution in [3.8, 4) is 11.6 Å². The van der Waals surface area contributed by atoms with Gasteiger partial charge < -0.3 is 10.5 Å². The quantitative estimate of drug-likeness (QED) is 0.918. The number of aromatic nitrogens is 1. The molecule has 0 saturated carbocycles. The van der Waals surface area contributed by atoms with Crippen LogP contribution < -0.4 is 10.5 Å². The summed E-state index contributed by atoms with van der Waals surface area (Å²) in [6.45, 7) is 1.90. The van der Waals surface area contributed by atoms with Gasteiger partial charge in [-0.1, -0.05) is 23.2 Å². The molecule has 1 aromatic heterocycles. The van der Waals surface area contributed by atoms with Gasteiger partial charge in [-0.3, -0.25) is 0 Å². The first-order valence-corrected chi connectivity index (χ1v) is 6.16. The van der Waals surface area contributed by atoms with Crippen LogP contribution in [0.3, 0.4) is 0 Å². The van der Waals surface area contributed by atoms with E-state index < -0.39 is 0 Å². The highest BCUT2D eigenvalue weighted by molar-refractivity contribution is 6.42. The Hall–Kier alpha value is -1.29. The molecule has 0 radical (unpaired) electrons. The molecule has 0 bridgehead atoms. The van der Waals surface area contributed by atoms with Crippen LogP contribution in [0, 0.1) is 0 Å². The first kappa shape index (κ1) is 13.1. The summed E-state index contributed by atoms with van der Waals surface area (Å²) in [5, 5.41) is 0.929. The molecule has 3 nitrogen and oxygen atoms in total. The van der Waals surface area contributed by atoms with E-state index in [1.54, 1.807) is 30.5 Å². The minimum absolute atomic E-state index is 0.0656. The highest BCUT2D eigenvalue weighted by Crippen LogP contribution is 2.29. The Labute approximate surface area is 115 Å². The van der Waals surface area contributed by atoms with Crippen molar-refractivity contribution in [3.63, 3.8) is 0 Å². The van der Waals surface area contributed by atoms with Crippen molar-refractivity contribution in [1.29, 1.82) is 0 Å². The number of benzene rings is 1. The Morgan fingerprint density at radius 3 is 2.61 bits per heavy atom. The van der Waals surface area contributed by atoms with Gasteiger partial charge in [0, 0.05) is 24.4 Å². The predicted octanol–water partition coefficient (Wildman–Crippen LogP) is 4.20. The maximum atomic E-state index is 5.91. The molecule has 0 aliphatic rings. The minimum atomic E-state index is -0.0656. The molecular weight excluding hydrogens is 271 g/mol. The van der Waals surface area contributed by atoms with E-state index in [9.17, 15) is 0 Å². The largest absolute Gasteiger partial charge is 0.439 e. The number of halogens is 2. The molecule has 2 rings (SSSR count). The Kier molecular flexibility index (Phi) is 4.07. The molecule has 0 aliphatic carbocycles. The standard InChI is InChI=1S/C13H12Cl2N2O/c1-8(16)9-4-5-17-13(6-9)18-10-2-3-11(14)12(15)7-10/h2-8H,16H2,1H3/t8-/m0/s1. The van der Waals surface area contributed by atoms with Gasteiger partial charge in [0.2, 0.25) is 5.88 Å². The van der Waals surface area contributed by atoms with Crippen molar-refractivity contribution < 1.29 is 4.74 Å². The van der Waals surface area contributed by atoms with Gasteiger partial charge in [-0.05, 0) is 30.7 Å². The third kappa shape index (κ3) is 3.13. The number of hydrogen-bond donors (Lipinski definition) is 1. The first-order chi connectivity index (χ1) is 8.56. The monoisotopic (exact) mass is 282 g/mol. The Bertz CT molecular complexity index is 558. The second-order valence-corrected chi connectivity index (χ2v) is 4.71. The highest BCUT2D eigenvalue weighted by Gasteiger charge is 2.05. The number of ether oxygens (including phenoxy) is 1. The second kappa shape index (κ2) is 5.57. The van der Waals surface area contributed by atoms with Gasteiger partial charge in [0.1, 0.15) is 5.75 Å². The van der Waals surface area contributed by atoms with E-state index in [4.69, 9.17) is 33.7 Å². The number of rotatable bonds is 3. The highest BCUT2D eigenvalue weighted by atomic mass is 35.5. The summed E-state index contributed by atoms with van der Waals surface area (Å²) in [5.74, 6) is 1.06. The van der Waals surface area contributed by atoms with Crippen molar-refractivity contribution in [2.24, 2.45) is 5.73 Å². The van der Waals surface area contributed by atoms with Crippen LogP contribution >= 0.6 is 23.2 Å². The second-order valence-electron chi connectivity index (χ2n) is 3.89. The molecule has 0 amide bonds. The zero-order valence-electron chi connectivity index (χ0n) is 9.73. The van der Waals surface area contributed by atoms with Crippen LogP contribution in [0.1, 0.15) is 18.5 Å². The molecular formula is C13H12Cl2N2O. The van der Waals surface area contributed by atoms with E-state index in [0.29, 0.717) is 21.7 Å². The SMILES string of the molecule is C[C@H](N)c1ccnc(Oc2ccc(Cl)c(Cl)c2)c1. The third-order valence-corrected chi connectivity index (χ3v) is 3.14. The van der Waals surface area contributed by atoms with Gasteiger partial charge in [-0.15, -0.1) is 0 Å². The van der Waals surface area contributed by atoms with Crippen LogP contribution in [0.2, 0.25) is 10.0 Å². The van der Waals surface area contributed by atoms with E-state index in [1.165, 1.54) is 0 Å². The van der Waals surface area contributed by atoms with Gasteiger partial charge in [-0.25, -0.2) is 4.98 Å². The van der Waals surface area contributed by atoms with Gasteiger partial charge in [-0.2, -0.15) is 0 Å². The molecule has 1 heterocycles. The fourth-order valence-corrected chi connectivity index (χ4v) is 1.71. The normalized spacial score (nSPS) is 12.2. The van der Waals surface area contributed by atoms with Crippen LogP contribution in [-0.2, 0) is 0 Å². The Morgan fingerprint density at radius 2 is 1.94 bits per heavy atom. The first-order valence-electron chi connectivity index (χ1n) is 5.40. The van der Waals surface area contributed by atoms with Gasteiger partial charge in [0.15, 0.2) is 0 Å². The van der Waals surface area contributed by atoms with Gasteiger partial charge in [0.05, 0.1) is 10.0 Å². The summed E-state index contributed by atoms with van der Waals surface area (Å²) in [7, 11) is 0. The van der Waals surface area contributed by atoms with Crippen molar-refractivity contribution in [2.45, 2.75) is 13.0 Å². The molecule has 0 fully saturated rings. The van der Waals surface area contributed by atoms with E-state index in [2.05, 4.69) is 4.98 Å². The van der Waals surface area contributed by atoms with Crippen molar-refractivity contribution in [3.05, 3.63) is 52.1 Å². The van der Waals surface area contributed by atoms with Crippen molar-refractivity contribution in [2.75, 3.05) is 0 Å². The summed E-state index contributed by atoms with van der Waals surface area (Å²) in [6.07, 6.45) is 1.66. The Balaban J connectivity index is 2.23. The van der Waals surface area contributed by atoms with Crippen LogP contribution in [0.25, 0.3) is 0 Å². The molecule has 94 valence electrons. The topological polar surface area (TPSA) is 48.1 Å². The van der Waals surface area contributed by atoms with Gasteiger partial charge in [0.25, 0.3) is 0 Å². The smallest absolute Gasteiger partial charge is 0.219 e. The molecule has 1 aromatic carbocycles. The third-order valence-electron chi connectivity index (χ3n) is 2.40. The minimum Gasteiger partial charge on any atom is -0.439 e. The average Bonchev–Trinajstić information content (AvgIpc) is 2.34. The van der Waals surface area contributed by atoms with Gasteiger partial charge >= 0.3 is 0 Å². The maximum Gasteiger partial charge on any atom is 0.219 e. The van der Waals surface area contributed by atoms with Crippen LogP contribution in [0.15, 0.2) is 36.5 Å². The summed E-state index contributed by atoms with van der Waals surface area (Å²) < 4.78 is 5.60. The zero-order chi connectivity index (χ0) is 13.1. The number of hydrogen-bond acceptors (Lipinski definition) is 3. The Morgan fingerprint density at radius 1 is 1.17 bits per heavy atom. The molecule has 0 saturated heterocycles. The summed E-state index contributed by atoms with van der Waals surface area (Å²) in [4.78, 5) is 4.12. The average molecular weight is 283 g/mol. The zero-order valence-corrected chi connectivity index (χ0v) is 11.2. The van der Waals surface area contributed by atoms with E-state index in [-0.39, 0.29) is 6.04 Å². The van der Waals surface area contributed by atoms with Crippen LogP contribution in [0.5, 0.6) is 11.6 Å². The molecule has 0 unspecified atom stereocenters. The van der Waals surface area contributed by atoms with E-state index in [0.717, 1.165) is 5.56 Å². The van der Waals surface area contributed by atoms with E-state index in [1.807, 2.05) is 13.0 Å². The number of nitrogens with two attached hydrogens (primary N) is 1.